The number of nitrogens with two attached hydrogens (primary N) is 2. The molecule has 1 amide bonds. The van der Waals surface area contributed by atoms with Gasteiger partial charge in [-0.05, 0) is 43.3 Å². The van der Waals surface area contributed by atoms with Gasteiger partial charge in [0.15, 0.2) is 5.96 Å². The summed E-state index contributed by atoms with van der Waals surface area (Å²) in [5.74, 6) is -0.231. The van der Waals surface area contributed by atoms with Gasteiger partial charge in [-0.2, -0.15) is 13.2 Å². The molecule has 2 rings (SSSR count). The largest absolute Gasteiger partial charge is 0.464 e. The van der Waals surface area contributed by atoms with E-state index in [9.17, 15) is 22.4 Å². The lowest BCUT2D eigenvalue weighted by Crippen LogP contribution is -2.53. The zero-order valence-electron chi connectivity index (χ0n) is 15.5. The van der Waals surface area contributed by atoms with Crippen LogP contribution in [-0.2, 0) is 6.54 Å². The molecule has 0 radical (unpaired) electrons. The molecule has 29 heavy (non-hydrogen) atoms. The van der Waals surface area contributed by atoms with Gasteiger partial charge >= 0.3 is 6.18 Å². The van der Waals surface area contributed by atoms with E-state index in [1.165, 1.54) is 12.1 Å². The van der Waals surface area contributed by atoms with Crippen LogP contribution in [0.3, 0.4) is 0 Å². The molecule has 1 heterocycles. The summed E-state index contributed by atoms with van der Waals surface area (Å²) in [6.45, 7) is 1.73. The molecule has 7 nitrogen and oxygen atoms in total. The van der Waals surface area contributed by atoms with E-state index >= 15 is 0 Å². The van der Waals surface area contributed by atoms with Crippen molar-refractivity contribution in [3.05, 3.63) is 59.3 Å². The second-order valence-electron chi connectivity index (χ2n) is 6.27. The fraction of sp³-hybridized carbons (Fsp3) is 0.333. The highest BCUT2D eigenvalue weighted by Gasteiger charge is 2.37. The van der Waals surface area contributed by atoms with Crippen LogP contribution in [0.1, 0.15) is 28.3 Å². The minimum atomic E-state index is -4.61. The van der Waals surface area contributed by atoms with Crippen LogP contribution < -0.4 is 22.1 Å². The third-order valence-corrected chi connectivity index (χ3v) is 3.78. The van der Waals surface area contributed by atoms with Crippen molar-refractivity contribution in [2.75, 3.05) is 0 Å². The first-order valence-electron chi connectivity index (χ1n) is 8.55. The number of benzene rings is 1. The SMILES string of the molecule is Cc1ccc(CN=C(NC(=O)c2ccc(F)cc2)NC(N)CC(N)C(F)(F)F)o1. The van der Waals surface area contributed by atoms with Crippen LogP contribution in [0.5, 0.6) is 0 Å². The molecular weight excluding hydrogens is 394 g/mol. The van der Waals surface area contributed by atoms with Crippen molar-refractivity contribution < 1.29 is 26.8 Å². The lowest BCUT2D eigenvalue weighted by atomic mass is 10.2. The van der Waals surface area contributed by atoms with Crippen molar-refractivity contribution in [3.63, 3.8) is 0 Å². The Kier molecular flexibility index (Phi) is 7.35. The van der Waals surface area contributed by atoms with Crippen LogP contribution in [0.4, 0.5) is 17.6 Å². The average molecular weight is 415 g/mol. The molecular formula is C18H21F4N5O2. The first kappa shape index (κ1) is 22.4. The minimum Gasteiger partial charge on any atom is -0.464 e. The number of guanidine groups is 1. The van der Waals surface area contributed by atoms with Gasteiger partial charge in [0.25, 0.3) is 5.91 Å². The molecule has 158 valence electrons. The van der Waals surface area contributed by atoms with E-state index in [2.05, 4.69) is 15.6 Å². The Hall–Kier alpha value is -2.92. The number of aryl methyl sites for hydroxylation is 1. The number of aliphatic imine (C=N–C) groups is 1. The first-order chi connectivity index (χ1) is 13.5. The summed E-state index contributed by atoms with van der Waals surface area (Å²) in [4.78, 5) is 16.4. The molecule has 2 aromatic rings. The Morgan fingerprint density at radius 2 is 1.83 bits per heavy atom. The van der Waals surface area contributed by atoms with Crippen molar-refractivity contribution in [2.45, 2.75) is 38.3 Å². The molecule has 0 aliphatic carbocycles. The summed E-state index contributed by atoms with van der Waals surface area (Å²) in [5.41, 5.74) is 10.9. The van der Waals surface area contributed by atoms with Crippen LogP contribution in [0.15, 0.2) is 45.8 Å². The van der Waals surface area contributed by atoms with Crippen LogP contribution in [0.2, 0.25) is 0 Å². The fourth-order valence-corrected chi connectivity index (χ4v) is 2.27. The van der Waals surface area contributed by atoms with Crippen molar-refractivity contribution in [1.29, 1.82) is 0 Å². The van der Waals surface area contributed by atoms with Gasteiger partial charge in [-0.3, -0.25) is 10.1 Å². The minimum absolute atomic E-state index is 0.00207. The molecule has 0 saturated heterocycles. The standard InChI is InChI=1S/C18H21F4N5O2/c1-10-2-7-13(29-10)9-25-17(26-15(24)8-14(23)18(20,21)22)27-16(28)11-3-5-12(19)6-4-11/h2-7,14-15H,8-9,23-24H2,1H3,(H2,25,26,27,28). The summed E-state index contributed by atoms with van der Waals surface area (Å²) in [6.07, 6.45) is -6.49. The highest BCUT2D eigenvalue weighted by Crippen LogP contribution is 2.20. The number of halogens is 4. The summed E-state index contributed by atoms with van der Waals surface area (Å²) in [5, 5.41) is 4.92. The summed E-state index contributed by atoms with van der Waals surface area (Å²) in [7, 11) is 0. The molecule has 0 fully saturated rings. The van der Waals surface area contributed by atoms with Crippen LogP contribution in [0, 0.1) is 12.7 Å². The molecule has 11 heteroatoms. The highest BCUT2D eigenvalue weighted by molar-refractivity contribution is 6.05. The molecule has 2 atom stereocenters. The van der Waals surface area contributed by atoms with E-state index in [4.69, 9.17) is 15.9 Å². The lowest BCUT2D eigenvalue weighted by molar-refractivity contribution is -0.149. The lowest BCUT2D eigenvalue weighted by Gasteiger charge is -2.22. The number of carbonyl (C=O) groups is 1. The quantitative estimate of drug-likeness (QED) is 0.250. The molecule has 0 spiro atoms. The average Bonchev–Trinajstić information content (AvgIpc) is 3.04. The predicted molar refractivity (Wildman–Crippen MR) is 98.2 cm³/mol. The second kappa shape index (κ2) is 9.52. The van der Waals surface area contributed by atoms with Gasteiger partial charge in [-0.25, -0.2) is 9.38 Å². The Balaban J connectivity index is 2.11. The van der Waals surface area contributed by atoms with Gasteiger partial charge in [0.1, 0.15) is 29.9 Å². The van der Waals surface area contributed by atoms with E-state index in [1.54, 1.807) is 19.1 Å². The maximum absolute atomic E-state index is 13.0. The van der Waals surface area contributed by atoms with Crippen molar-refractivity contribution in [3.8, 4) is 0 Å². The Labute approximate surface area is 164 Å². The van der Waals surface area contributed by atoms with Gasteiger partial charge in [0, 0.05) is 12.0 Å². The maximum Gasteiger partial charge on any atom is 0.403 e. The van der Waals surface area contributed by atoms with Crippen molar-refractivity contribution >= 4 is 11.9 Å². The van der Waals surface area contributed by atoms with Gasteiger partial charge in [0.2, 0.25) is 0 Å². The summed E-state index contributed by atoms with van der Waals surface area (Å²) >= 11 is 0. The molecule has 1 aromatic heterocycles. The van der Waals surface area contributed by atoms with E-state index in [-0.39, 0.29) is 18.1 Å². The summed E-state index contributed by atoms with van der Waals surface area (Å²) in [6, 6.07) is 5.92. The predicted octanol–water partition coefficient (Wildman–Crippen LogP) is 2.17. The van der Waals surface area contributed by atoms with Crippen LogP contribution in [-0.4, -0.2) is 30.3 Å². The molecule has 0 saturated carbocycles. The van der Waals surface area contributed by atoms with Crippen molar-refractivity contribution in [1.82, 2.24) is 10.6 Å². The van der Waals surface area contributed by atoms with Gasteiger partial charge in [0.05, 0.1) is 6.17 Å². The van der Waals surface area contributed by atoms with E-state index in [1.807, 2.05) is 0 Å². The Morgan fingerprint density at radius 3 is 2.38 bits per heavy atom. The number of rotatable bonds is 6. The normalized spacial score (nSPS) is 14.4. The van der Waals surface area contributed by atoms with Crippen LogP contribution in [0.25, 0.3) is 0 Å². The zero-order valence-corrected chi connectivity index (χ0v) is 15.5. The smallest absolute Gasteiger partial charge is 0.403 e. The molecule has 0 aliphatic heterocycles. The highest BCUT2D eigenvalue weighted by atomic mass is 19.4. The van der Waals surface area contributed by atoms with Gasteiger partial charge in [-0.1, -0.05) is 0 Å². The Bertz CT molecular complexity index is 849. The maximum atomic E-state index is 13.0. The fourth-order valence-electron chi connectivity index (χ4n) is 2.27. The second-order valence-corrected chi connectivity index (χ2v) is 6.27. The number of nitrogens with zero attached hydrogens (tertiary/aromatic N) is 1. The van der Waals surface area contributed by atoms with E-state index < -0.39 is 36.5 Å². The number of carbonyl (C=O) groups excluding carboxylic acids is 1. The van der Waals surface area contributed by atoms with Gasteiger partial charge < -0.3 is 21.2 Å². The van der Waals surface area contributed by atoms with Gasteiger partial charge in [-0.15, -0.1) is 0 Å². The number of alkyl halides is 3. The number of hydrogen-bond acceptors (Lipinski definition) is 5. The van der Waals surface area contributed by atoms with Crippen molar-refractivity contribution in [2.24, 2.45) is 16.5 Å². The number of amides is 1. The van der Waals surface area contributed by atoms with E-state index in [0.29, 0.717) is 11.5 Å². The number of furan rings is 1. The third-order valence-electron chi connectivity index (χ3n) is 3.78. The summed E-state index contributed by atoms with van der Waals surface area (Å²) < 4.78 is 56.3. The first-order valence-corrected chi connectivity index (χ1v) is 8.55. The topological polar surface area (TPSA) is 119 Å². The number of nitrogens with one attached hydrogen (secondary N) is 2. The Morgan fingerprint density at radius 1 is 1.17 bits per heavy atom. The molecule has 0 aliphatic rings. The molecule has 1 aromatic carbocycles. The zero-order chi connectivity index (χ0) is 21.6. The molecule has 2 unspecified atom stereocenters. The molecule has 0 bridgehead atoms. The van der Waals surface area contributed by atoms with E-state index in [0.717, 1.165) is 12.1 Å². The third kappa shape index (κ3) is 7.20. The molecule has 6 N–H and O–H groups in total. The number of hydrogen-bond donors (Lipinski definition) is 4. The monoisotopic (exact) mass is 415 g/mol. The van der Waals surface area contributed by atoms with Crippen LogP contribution >= 0.6 is 0 Å².